The van der Waals surface area contributed by atoms with E-state index in [0.717, 1.165) is 11.4 Å². The Morgan fingerprint density at radius 2 is 1.86 bits per heavy atom. The number of anilines is 1. The van der Waals surface area contributed by atoms with Gasteiger partial charge in [-0.3, -0.25) is 4.79 Å². The van der Waals surface area contributed by atoms with Crippen LogP contribution in [0.2, 0.25) is 0 Å². The number of aromatic nitrogens is 2. The number of aryl methyl sites for hydroxylation is 2. The highest BCUT2D eigenvalue weighted by atomic mass is 16.5. The van der Waals surface area contributed by atoms with Gasteiger partial charge in [0.15, 0.2) is 0 Å². The van der Waals surface area contributed by atoms with Crippen molar-refractivity contribution in [2.75, 3.05) is 5.32 Å². The fourth-order valence-corrected chi connectivity index (χ4v) is 1.72. The predicted molar refractivity (Wildman–Crippen MR) is 81.5 cm³/mol. The van der Waals surface area contributed by atoms with Crippen molar-refractivity contribution in [2.45, 2.75) is 20.8 Å². The molecule has 5 nitrogen and oxygen atoms in total. The number of rotatable bonds is 4. The second kappa shape index (κ2) is 6.17. The summed E-state index contributed by atoms with van der Waals surface area (Å²) < 4.78 is 5.63. The molecule has 21 heavy (non-hydrogen) atoms. The van der Waals surface area contributed by atoms with Crippen LogP contribution < -0.4 is 10.1 Å². The molecule has 1 N–H and O–H groups in total. The predicted octanol–water partition coefficient (Wildman–Crippen LogP) is 3.40. The molecule has 0 aliphatic heterocycles. The van der Waals surface area contributed by atoms with Crippen LogP contribution in [-0.4, -0.2) is 15.9 Å². The van der Waals surface area contributed by atoms with Gasteiger partial charge in [-0.15, -0.1) is 0 Å². The smallest absolute Gasteiger partial charge is 0.322 e. The van der Waals surface area contributed by atoms with E-state index in [1.807, 2.05) is 19.9 Å². The van der Waals surface area contributed by atoms with Crippen LogP contribution in [0.5, 0.6) is 11.8 Å². The van der Waals surface area contributed by atoms with E-state index in [2.05, 4.69) is 21.9 Å². The van der Waals surface area contributed by atoms with Gasteiger partial charge in [-0.05, 0) is 39.0 Å². The normalized spacial score (nSPS) is 10.0. The van der Waals surface area contributed by atoms with E-state index in [1.165, 1.54) is 0 Å². The number of amides is 1. The molecule has 0 bridgehead atoms. The molecule has 0 unspecified atom stereocenters. The first-order chi connectivity index (χ1) is 9.94. The Labute approximate surface area is 123 Å². The van der Waals surface area contributed by atoms with Crippen molar-refractivity contribution >= 4 is 11.6 Å². The van der Waals surface area contributed by atoms with Gasteiger partial charge in [-0.25, -0.2) is 9.97 Å². The van der Waals surface area contributed by atoms with Crippen molar-refractivity contribution in [3.63, 3.8) is 0 Å². The van der Waals surface area contributed by atoms with Crippen LogP contribution >= 0.6 is 0 Å². The molecule has 108 valence electrons. The Hall–Kier alpha value is -2.69. The van der Waals surface area contributed by atoms with Crippen molar-refractivity contribution in [3.8, 4) is 11.8 Å². The van der Waals surface area contributed by atoms with Crippen molar-refractivity contribution < 1.29 is 9.53 Å². The summed E-state index contributed by atoms with van der Waals surface area (Å²) in [7, 11) is 0. The van der Waals surface area contributed by atoms with Gasteiger partial charge in [-0.1, -0.05) is 12.6 Å². The minimum Gasteiger partial charge on any atom is -0.424 e. The van der Waals surface area contributed by atoms with Crippen molar-refractivity contribution in [1.82, 2.24) is 9.97 Å². The van der Waals surface area contributed by atoms with E-state index in [-0.39, 0.29) is 11.9 Å². The first-order valence-electron chi connectivity index (χ1n) is 6.51. The molecular weight excluding hydrogens is 266 g/mol. The summed E-state index contributed by atoms with van der Waals surface area (Å²) in [4.78, 5) is 20.0. The van der Waals surface area contributed by atoms with Gasteiger partial charge in [0.05, 0.1) is 0 Å². The first kappa shape index (κ1) is 14.7. The summed E-state index contributed by atoms with van der Waals surface area (Å²) in [5.41, 5.74) is 2.75. The standard InChI is InChI=1S/C16H17N3O2/c1-10(2)15(20)19-13-6-5-7-14(9-13)21-16-17-11(3)8-12(4)18-16/h5-9H,1H2,2-4H3,(H,19,20). The fourth-order valence-electron chi connectivity index (χ4n) is 1.72. The van der Waals surface area contributed by atoms with Crippen molar-refractivity contribution in [3.05, 3.63) is 53.9 Å². The van der Waals surface area contributed by atoms with E-state index >= 15 is 0 Å². The maximum atomic E-state index is 11.6. The van der Waals surface area contributed by atoms with Crippen LogP contribution in [0.4, 0.5) is 5.69 Å². The van der Waals surface area contributed by atoms with Crippen LogP contribution in [-0.2, 0) is 4.79 Å². The number of hydrogen-bond donors (Lipinski definition) is 1. The topological polar surface area (TPSA) is 64.1 Å². The SMILES string of the molecule is C=C(C)C(=O)Nc1cccc(Oc2nc(C)cc(C)n2)c1. The molecular formula is C16H17N3O2. The second-order valence-corrected chi connectivity index (χ2v) is 4.80. The van der Waals surface area contributed by atoms with Gasteiger partial charge in [-0.2, -0.15) is 0 Å². The molecule has 0 spiro atoms. The van der Waals surface area contributed by atoms with Gasteiger partial charge < -0.3 is 10.1 Å². The summed E-state index contributed by atoms with van der Waals surface area (Å²) in [6, 6.07) is 9.20. The van der Waals surface area contributed by atoms with Gasteiger partial charge >= 0.3 is 6.01 Å². The van der Waals surface area contributed by atoms with Gasteiger partial charge in [0.2, 0.25) is 0 Å². The lowest BCUT2D eigenvalue weighted by molar-refractivity contribution is -0.112. The van der Waals surface area contributed by atoms with Crippen LogP contribution in [0.3, 0.4) is 0 Å². The van der Waals surface area contributed by atoms with Crippen molar-refractivity contribution in [1.29, 1.82) is 0 Å². The Morgan fingerprint density at radius 1 is 1.19 bits per heavy atom. The number of nitrogens with one attached hydrogen (secondary N) is 1. The summed E-state index contributed by atoms with van der Waals surface area (Å²) in [5.74, 6) is 0.328. The molecule has 0 aliphatic carbocycles. The largest absolute Gasteiger partial charge is 0.424 e. The van der Waals surface area contributed by atoms with Crippen LogP contribution in [0.15, 0.2) is 42.5 Å². The van der Waals surface area contributed by atoms with E-state index in [1.54, 1.807) is 31.2 Å². The third-order valence-corrected chi connectivity index (χ3v) is 2.65. The third kappa shape index (κ3) is 4.14. The van der Waals surface area contributed by atoms with Crippen LogP contribution in [0, 0.1) is 13.8 Å². The van der Waals surface area contributed by atoms with Crippen LogP contribution in [0.25, 0.3) is 0 Å². The molecule has 0 radical (unpaired) electrons. The molecule has 1 amide bonds. The van der Waals surface area contributed by atoms with Gasteiger partial charge in [0.1, 0.15) is 5.75 Å². The highest BCUT2D eigenvalue weighted by Crippen LogP contribution is 2.22. The van der Waals surface area contributed by atoms with Gasteiger partial charge in [0, 0.05) is 28.7 Å². The minimum absolute atomic E-state index is 0.227. The molecule has 0 saturated heterocycles. The lowest BCUT2D eigenvalue weighted by Crippen LogP contribution is -2.11. The van der Waals surface area contributed by atoms with E-state index < -0.39 is 0 Å². The fraction of sp³-hybridized carbons (Fsp3) is 0.188. The van der Waals surface area contributed by atoms with E-state index in [0.29, 0.717) is 17.0 Å². The second-order valence-electron chi connectivity index (χ2n) is 4.80. The molecule has 1 aromatic carbocycles. The lowest BCUT2D eigenvalue weighted by Gasteiger charge is -2.08. The quantitative estimate of drug-likeness (QED) is 0.873. The summed E-state index contributed by atoms with van der Waals surface area (Å²) in [6.07, 6.45) is 0. The molecule has 2 aromatic rings. The molecule has 1 aromatic heterocycles. The molecule has 0 saturated carbocycles. The zero-order valence-electron chi connectivity index (χ0n) is 12.3. The molecule has 0 fully saturated rings. The molecule has 1 heterocycles. The number of ether oxygens (including phenoxy) is 1. The highest BCUT2D eigenvalue weighted by molar-refractivity contribution is 6.02. The molecule has 0 aliphatic rings. The highest BCUT2D eigenvalue weighted by Gasteiger charge is 2.06. The zero-order valence-corrected chi connectivity index (χ0v) is 12.3. The number of benzene rings is 1. The number of carbonyl (C=O) groups excluding carboxylic acids is 1. The monoisotopic (exact) mass is 283 g/mol. The minimum atomic E-state index is -0.227. The number of hydrogen-bond acceptors (Lipinski definition) is 4. The Morgan fingerprint density at radius 3 is 2.48 bits per heavy atom. The third-order valence-electron chi connectivity index (χ3n) is 2.65. The summed E-state index contributed by atoms with van der Waals surface area (Å²) >= 11 is 0. The summed E-state index contributed by atoms with van der Waals surface area (Å²) in [6.45, 7) is 9.01. The summed E-state index contributed by atoms with van der Waals surface area (Å²) in [5, 5.41) is 2.73. The van der Waals surface area contributed by atoms with E-state index in [4.69, 9.17) is 4.74 Å². The first-order valence-corrected chi connectivity index (χ1v) is 6.51. The van der Waals surface area contributed by atoms with Gasteiger partial charge in [0.25, 0.3) is 5.91 Å². The van der Waals surface area contributed by atoms with Crippen LogP contribution in [0.1, 0.15) is 18.3 Å². The molecule has 5 heteroatoms. The average molecular weight is 283 g/mol. The Balaban J connectivity index is 2.17. The maximum absolute atomic E-state index is 11.6. The molecule has 2 rings (SSSR count). The maximum Gasteiger partial charge on any atom is 0.322 e. The molecule has 0 atom stereocenters. The Bertz CT molecular complexity index is 675. The van der Waals surface area contributed by atoms with E-state index in [9.17, 15) is 4.79 Å². The van der Waals surface area contributed by atoms with Crippen molar-refractivity contribution in [2.24, 2.45) is 0 Å². The number of carbonyl (C=O) groups is 1. The number of nitrogens with zero attached hydrogens (tertiary/aromatic N) is 2. The zero-order chi connectivity index (χ0) is 15.4. The average Bonchev–Trinajstić information content (AvgIpc) is 2.37. The lowest BCUT2D eigenvalue weighted by atomic mass is 10.2. The Kier molecular flexibility index (Phi) is 4.33.